The normalized spacial score (nSPS) is 13.1. The molecule has 0 aliphatic carbocycles. The number of carbonyl (C=O) groups excluding carboxylic acids is 2. The number of aldehydes is 1. The van der Waals surface area contributed by atoms with E-state index in [1.165, 1.54) is 4.90 Å². The predicted molar refractivity (Wildman–Crippen MR) is 58.8 cm³/mol. The van der Waals surface area contributed by atoms with Crippen LogP contribution in [-0.2, 0) is 9.53 Å². The number of nitrogens with zero attached hydrogens (tertiary/aromatic N) is 1. The number of hydrogen-bond donors (Lipinski definition) is 0. The summed E-state index contributed by atoms with van der Waals surface area (Å²) in [5, 5.41) is 0. The van der Waals surface area contributed by atoms with Gasteiger partial charge in [0.1, 0.15) is 11.9 Å². The van der Waals surface area contributed by atoms with E-state index in [2.05, 4.69) is 0 Å². The second-order valence-corrected chi connectivity index (χ2v) is 4.56. The maximum Gasteiger partial charge on any atom is 0.410 e. The first-order chi connectivity index (χ1) is 6.81. The molecule has 0 bridgehead atoms. The predicted octanol–water partition coefficient (Wildman–Crippen LogP) is 2.22. The molecule has 0 spiro atoms. The second kappa shape index (κ2) is 5.73. The van der Waals surface area contributed by atoms with Crippen LogP contribution in [0.1, 0.15) is 40.5 Å². The lowest BCUT2D eigenvalue weighted by Gasteiger charge is -2.29. The van der Waals surface area contributed by atoms with Crippen molar-refractivity contribution in [3.8, 4) is 0 Å². The van der Waals surface area contributed by atoms with E-state index in [0.29, 0.717) is 6.42 Å². The Morgan fingerprint density at radius 1 is 1.47 bits per heavy atom. The quantitative estimate of drug-likeness (QED) is 0.675. The first-order valence-corrected chi connectivity index (χ1v) is 5.21. The molecule has 0 aliphatic heterocycles. The molecule has 0 aromatic heterocycles. The maximum absolute atomic E-state index is 11.6. The molecular formula is C11H21NO3. The Morgan fingerprint density at radius 2 is 2.00 bits per heavy atom. The summed E-state index contributed by atoms with van der Waals surface area (Å²) in [5.74, 6) is 0. The second-order valence-electron chi connectivity index (χ2n) is 4.56. The van der Waals surface area contributed by atoms with Crippen LogP contribution in [0.5, 0.6) is 0 Å². The monoisotopic (exact) mass is 215 g/mol. The van der Waals surface area contributed by atoms with E-state index in [-0.39, 0.29) is 12.1 Å². The summed E-state index contributed by atoms with van der Waals surface area (Å²) in [4.78, 5) is 23.5. The molecule has 0 saturated heterocycles. The van der Waals surface area contributed by atoms with Gasteiger partial charge in [0.2, 0.25) is 0 Å². The van der Waals surface area contributed by atoms with E-state index < -0.39 is 5.60 Å². The average Bonchev–Trinajstić information content (AvgIpc) is 2.10. The largest absolute Gasteiger partial charge is 0.444 e. The van der Waals surface area contributed by atoms with E-state index in [4.69, 9.17) is 4.74 Å². The molecule has 0 aliphatic rings. The number of carbonyl (C=O) groups is 2. The molecule has 0 N–H and O–H groups in total. The van der Waals surface area contributed by atoms with Crippen LogP contribution < -0.4 is 0 Å². The lowest BCUT2D eigenvalue weighted by molar-refractivity contribution is -0.108. The lowest BCUT2D eigenvalue weighted by atomic mass is 10.1. The smallest absolute Gasteiger partial charge is 0.410 e. The first-order valence-electron chi connectivity index (χ1n) is 5.21. The standard InChI is InChI=1S/C11H21NO3/c1-6-9(7-8-13)12(5)10(14)15-11(2,3)4/h8-9H,6-7H2,1-5H3. The number of hydrogen-bond acceptors (Lipinski definition) is 3. The van der Waals surface area contributed by atoms with E-state index in [1.54, 1.807) is 7.05 Å². The molecule has 4 nitrogen and oxygen atoms in total. The summed E-state index contributed by atoms with van der Waals surface area (Å²) in [6.07, 6.45) is 1.55. The van der Waals surface area contributed by atoms with Crippen molar-refractivity contribution in [2.45, 2.75) is 52.2 Å². The van der Waals surface area contributed by atoms with Crippen LogP contribution in [0.3, 0.4) is 0 Å². The molecule has 1 atom stereocenters. The Kier molecular flexibility index (Phi) is 5.33. The minimum Gasteiger partial charge on any atom is -0.444 e. The number of rotatable bonds is 4. The third kappa shape index (κ3) is 5.40. The van der Waals surface area contributed by atoms with Crippen molar-refractivity contribution in [2.75, 3.05) is 7.05 Å². The minimum absolute atomic E-state index is 0.0719. The van der Waals surface area contributed by atoms with Gasteiger partial charge in [0.25, 0.3) is 0 Å². The molecule has 0 rings (SSSR count). The molecule has 0 aromatic rings. The average molecular weight is 215 g/mol. The summed E-state index contributed by atoms with van der Waals surface area (Å²) in [5.41, 5.74) is -0.495. The summed E-state index contributed by atoms with van der Waals surface area (Å²) >= 11 is 0. The van der Waals surface area contributed by atoms with Crippen LogP contribution in [0.15, 0.2) is 0 Å². The Labute approximate surface area is 91.6 Å². The van der Waals surface area contributed by atoms with Crippen LogP contribution in [0.4, 0.5) is 4.79 Å². The van der Waals surface area contributed by atoms with Crippen LogP contribution in [-0.4, -0.2) is 36.0 Å². The number of amides is 1. The van der Waals surface area contributed by atoms with E-state index in [9.17, 15) is 9.59 Å². The molecule has 1 unspecified atom stereocenters. The van der Waals surface area contributed by atoms with E-state index >= 15 is 0 Å². The van der Waals surface area contributed by atoms with Gasteiger partial charge in [0, 0.05) is 19.5 Å². The molecular weight excluding hydrogens is 194 g/mol. The summed E-state index contributed by atoms with van der Waals surface area (Å²) in [6.45, 7) is 7.40. The Morgan fingerprint density at radius 3 is 2.33 bits per heavy atom. The third-order valence-corrected chi connectivity index (χ3v) is 2.07. The fraction of sp³-hybridized carbons (Fsp3) is 0.818. The van der Waals surface area contributed by atoms with E-state index in [0.717, 1.165) is 12.7 Å². The van der Waals surface area contributed by atoms with Gasteiger partial charge in [0.15, 0.2) is 0 Å². The lowest BCUT2D eigenvalue weighted by Crippen LogP contribution is -2.40. The fourth-order valence-electron chi connectivity index (χ4n) is 1.19. The summed E-state index contributed by atoms with van der Waals surface area (Å²) in [6, 6.07) is -0.0719. The molecule has 0 saturated carbocycles. The van der Waals surface area contributed by atoms with Crippen LogP contribution in [0.2, 0.25) is 0 Å². The van der Waals surface area contributed by atoms with Crippen molar-refractivity contribution in [3.05, 3.63) is 0 Å². The molecule has 0 heterocycles. The van der Waals surface area contributed by atoms with Gasteiger partial charge >= 0.3 is 6.09 Å². The van der Waals surface area contributed by atoms with Crippen molar-refractivity contribution >= 4 is 12.4 Å². The number of ether oxygens (including phenoxy) is 1. The SMILES string of the molecule is CCC(CC=O)N(C)C(=O)OC(C)(C)C. The highest BCUT2D eigenvalue weighted by atomic mass is 16.6. The molecule has 1 amide bonds. The van der Waals surface area contributed by atoms with Crippen molar-refractivity contribution in [3.63, 3.8) is 0 Å². The molecule has 88 valence electrons. The highest BCUT2D eigenvalue weighted by molar-refractivity contribution is 5.68. The zero-order valence-electron chi connectivity index (χ0n) is 10.2. The third-order valence-electron chi connectivity index (χ3n) is 2.07. The summed E-state index contributed by atoms with van der Waals surface area (Å²) in [7, 11) is 1.66. The maximum atomic E-state index is 11.6. The van der Waals surface area contributed by atoms with Crippen LogP contribution >= 0.6 is 0 Å². The zero-order chi connectivity index (χ0) is 12.1. The minimum atomic E-state index is -0.495. The van der Waals surface area contributed by atoms with Crippen molar-refractivity contribution in [1.29, 1.82) is 0 Å². The Balaban J connectivity index is 4.34. The molecule has 15 heavy (non-hydrogen) atoms. The first kappa shape index (κ1) is 13.9. The van der Waals surface area contributed by atoms with Crippen LogP contribution in [0, 0.1) is 0 Å². The van der Waals surface area contributed by atoms with E-state index in [1.807, 2.05) is 27.7 Å². The zero-order valence-corrected chi connectivity index (χ0v) is 10.2. The Bertz CT molecular complexity index is 220. The Hall–Kier alpha value is -1.06. The van der Waals surface area contributed by atoms with Gasteiger partial charge in [0.05, 0.1) is 0 Å². The van der Waals surface area contributed by atoms with Gasteiger partial charge < -0.3 is 14.4 Å². The van der Waals surface area contributed by atoms with Crippen LogP contribution in [0.25, 0.3) is 0 Å². The summed E-state index contributed by atoms with van der Waals surface area (Å²) < 4.78 is 5.20. The molecule has 0 fully saturated rings. The molecule has 0 radical (unpaired) electrons. The highest BCUT2D eigenvalue weighted by Crippen LogP contribution is 2.13. The topological polar surface area (TPSA) is 46.6 Å². The highest BCUT2D eigenvalue weighted by Gasteiger charge is 2.23. The van der Waals surface area contributed by atoms with Crippen molar-refractivity contribution in [2.24, 2.45) is 0 Å². The van der Waals surface area contributed by atoms with Gasteiger partial charge in [-0.2, -0.15) is 0 Å². The van der Waals surface area contributed by atoms with Gasteiger partial charge in [-0.05, 0) is 27.2 Å². The van der Waals surface area contributed by atoms with Gasteiger partial charge in [-0.25, -0.2) is 4.79 Å². The van der Waals surface area contributed by atoms with Crippen molar-refractivity contribution < 1.29 is 14.3 Å². The fourth-order valence-corrected chi connectivity index (χ4v) is 1.19. The van der Waals surface area contributed by atoms with Crippen molar-refractivity contribution in [1.82, 2.24) is 4.90 Å². The van der Waals surface area contributed by atoms with Gasteiger partial charge in [-0.3, -0.25) is 0 Å². The van der Waals surface area contributed by atoms with Gasteiger partial charge in [-0.1, -0.05) is 6.92 Å². The molecule has 0 aromatic carbocycles. The van der Waals surface area contributed by atoms with Gasteiger partial charge in [-0.15, -0.1) is 0 Å². The molecule has 4 heteroatoms.